The molecular formula is C13H13FN2OS. The van der Waals surface area contributed by atoms with Crippen molar-refractivity contribution in [1.82, 2.24) is 9.59 Å². The van der Waals surface area contributed by atoms with E-state index >= 15 is 0 Å². The van der Waals surface area contributed by atoms with Gasteiger partial charge in [-0.25, -0.2) is 4.39 Å². The van der Waals surface area contributed by atoms with Crippen LogP contribution in [-0.4, -0.2) is 15.4 Å². The average Bonchev–Trinajstić information content (AvgIpc) is 2.81. The van der Waals surface area contributed by atoms with E-state index < -0.39 is 0 Å². The van der Waals surface area contributed by atoms with E-state index in [1.165, 1.54) is 12.1 Å². The van der Waals surface area contributed by atoms with Crippen molar-refractivity contribution in [1.29, 1.82) is 0 Å². The van der Waals surface area contributed by atoms with Gasteiger partial charge in [-0.05, 0) is 35.1 Å². The van der Waals surface area contributed by atoms with E-state index in [4.69, 9.17) is 0 Å². The lowest BCUT2D eigenvalue weighted by Crippen LogP contribution is -2.05. The number of Topliss-reactive ketones (excluding diaryl/α,β-unsaturated/α-hetero) is 1. The zero-order valence-electron chi connectivity index (χ0n) is 10.2. The topological polar surface area (TPSA) is 42.9 Å². The summed E-state index contributed by atoms with van der Waals surface area (Å²) in [6.07, 6.45) is 0.254. The van der Waals surface area contributed by atoms with Gasteiger partial charge >= 0.3 is 0 Å². The molecule has 3 nitrogen and oxygen atoms in total. The SMILES string of the molecule is CC(C)c1nnsc1C(=O)Cc1ccc(F)cc1. The molecule has 1 heterocycles. The molecule has 0 radical (unpaired) electrons. The Morgan fingerprint density at radius 2 is 2.00 bits per heavy atom. The van der Waals surface area contributed by atoms with E-state index in [0.29, 0.717) is 4.88 Å². The van der Waals surface area contributed by atoms with Crippen LogP contribution < -0.4 is 0 Å². The summed E-state index contributed by atoms with van der Waals surface area (Å²) in [5, 5.41) is 3.98. The lowest BCUT2D eigenvalue weighted by molar-refractivity contribution is 0.0995. The minimum atomic E-state index is -0.298. The van der Waals surface area contributed by atoms with E-state index in [1.54, 1.807) is 12.1 Å². The van der Waals surface area contributed by atoms with Crippen molar-refractivity contribution in [2.45, 2.75) is 26.2 Å². The molecule has 2 aromatic rings. The van der Waals surface area contributed by atoms with Crippen molar-refractivity contribution in [3.63, 3.8) is 0 Å². The van der Waals surface area contributed by atoms with E-state index in [9.17, 15) is 9.18 Å². The molecule has 0 amide bonds. The van der Waals surface area contributed by atoms with Gasteiger partial charge in [-0.15, -0.1) is 5.10 Å². The number of carbonyl (C=O) groups is 1. The van der Waals surface area contributed by atoms with Crippen LogP contribution in [0.5, 0.6) is 0 Å². The van der Waals surface area contributed by atoms with Crippen molar-refractivity contribution in [2.24, 2.45) is 0 Å². The number of rotatable bonds is 4. The molecule has 0 spiro atoms. The van der Waals surface area contributed by atoms with Crippen LogP contribution in [0.1, 0.15) is 40.7 Å². The van der Waals surface area contributed by atoms with Crippen molar-refractivity contribution >= 4 is 17.3 Å². The minimum Gasteiger partial charge on any atom is -0.293 e. The molecule has 0 fully saturated rings. The predicted octanol–water partition coefficient (Wildman–Crippen LogP) is 3.23. The monoisotopic (exact) mass is 264 g/mol. The first kappa shape index (κ1) is 12.8. The van der Waals surface area contributed by atoms with E-state index in [-0.39, 0.29) is 23.9 Å². The van der Waals surface area contributed by atoms with Crippen LogP contribution in [0.4, 0.5) is 4.39 Å². The third-order valence-electron chi connectivity index (χ3n) is 2.59. The summed E-state index contributed by atoms with van der Waals surface area (Å²) in [6, 6.07) is 5.96. The highest BCUT2D eigenvalue weighted by atomic mass is 32.1. The van der Waals surface area contributed by atoms with Crippen LogP contribution in [0, 0.1) is 5.82 Å². The summed E-state index contributed by atoms with van der Waals surface area (Å²) >= 11 is 1.12. The lowest BCUT2D eigenvalue weighted by Gasteiger charge is -2.03. The van der Waals surface area contributed by atoms with Gasteiger partial charge < -0.3 is 0 Å². The largest absolute Gasteiger partial charge is 0.293 e. The maximum Gasteiger partial charge on any atom is 0.180 e. The fourth-order valence-electron chi connectivity index (χ4n) is 1.64. The van der Waals surface area contributed by atoms with Gasteiger partial charge in [-0.1, -0.05) is 30.5 Å². The molecule has 2 rings (SSSR count). The van der Waals surface area contributed by atoms with E-state index in [2.05, 4.69) is 9.59 Å². The quantitative estimate of drug-likeness (QED) is 0.796. The average molecular weight is 264 g/mol. The maximum absolute atomic E-state index is 12.8. The second-order valence-electron chi connectivity index (χ2n) is 4.37. The van der Waals surface area contributed by atoms with E-state index in [1.807, 2.05) is 13.8 Å². The number of nitrogens with zero attached hydrogens (tertiary/aromatic N) is 2. The Kier molecular flexibility index (Phi) is 3.81. The van der Waals surface area contributed by atoms with Crippen LogP contribution >= 0.6 is 11.5 Å². The van der Waals surface area contributed by atoms with Crippen LogP contribution in [0.2, 0.25) is 0 Å². The first-order chi connectivity index (χ1) is 8.58. The molecule has 18 heavy (non-hydrogen) atoms. The molecule has 0 unspecified atom stereocenters. The number of benzene rings is 1. The van der Waals surface area contributed by atoms with Gasteiger partial charge in [0.25, 0.3) is 0 Å². The molecule has 0 bridgehead atoms. The minimum absolute atomic E-state index is 0.0136. The summed E-state index contributed by atoms with van der Waals surface area (Å²) in [5.74, 6) is -0.134. The smallest absolute Gasteiger partial charge is 0.180 e. The molecule has 0 saturated heterocycles. The molecule has 0 atom stereocenters. The van der Waals surface area contributed by atoms with Gasteiger partial charge in [0, 0.05) is 6.42 Å². The first-order valence-electron chi connectivity index (χ1n) is 5.68. The number of hydrogen-bond acceptors (Lipinski definition) is 4. The van der Waals surface area contributed by atoms with Gasteiger partial charge in [-0.2, -0.15) is 0 Å². The molecular weight excluding hydrogens is 251 g/mol. The van der Waals surface area contributed by atoms with Gasteiger partial charge in [0.15, 0.2) is 5.78 Å². The molecule has 1 aromatic carbocycles. The summed E-state index contributed by atoms with van der Waals surface area (Å²) in [5.41, 5.74) is 1.54. The summed E-state index contributed by atoms with van der Waals surface area (Å²) in [4.78, 5) is 12.7. The van der Waals surface area contributed by atoms with E-state index in [0.717, 1.165) is 22.8 Å². The van der Waals surface area contributed by atoms with Crippen molar-refractivity contribution < 1.29 is 9.18 Å². The van der Waals surface area contributed by atoms with Crippen LogP contribution in [0.15, 0.2) is 24.3 Å². The summed E-state index contributed by atoms with van der Waals surface area (Å²) in [7, 11) is 0. The molecule has 0 aliphatic carbocycles. The third-order valence-corrected chi connectivity index (χ3v) is 3.37. The zero-order chi connectivity index (χ0) is 13.1. The number of aromatic nitrogens is 2. The fourth-order valence-corrected chi connectivity index (χ4v) is 2.39. The third kappa shape index (κ3) is 2.79. The Labute approximate surface area is 109 Å². The molecule has 0 saturated carbocycles. The highest BCUT2D eigenvalue weighted by molar-refractivity contribution is 7.08. The highest BCUT2D eigenvalue weighted by Crippen LogP contribution is 2.21. The predicted molar refractivity (Wildman–Crippen MR) is 68.4 cm³/mol. The van der Waals surface area contributed by atoms with Gasteiger partial charge in [0.1, 0.15) is 10.7 Å². The Morgan fingerprint density at radius 3 is 2.61 bits per heavy atom. The standard InChI is InChI=1S/C13H13FN2OS/c1-8(2)12-13(18-16-15-12)11(17)7-9-3-5-10(14)6-4-9/h3-6,8H,7H2,1-2H3. The molecule has 0 N–H and O–H groups in total. The van der Waals surface area contributed by atoms with Crippen molar-refractivity contribution in [3.8, 4) is 0 Å². The van der Waals surface area contributed by atoms with Gasteiger partial charge in [-0.3, -0.25) is 4.79 Å². The van der Waals surface area contributed by atoms with Gasteiger partial charge in [0.05, 0.1) is 5.69 Å². The Morgan fingerprint density at radius 1 is 1.33 bits per heavy atom. The number of hydrogen-bond donors (Lipinski definition) is 0. The highest BCUT2D eigenvalue weighted by Gasteiger charge is 2.18. The molecule has 5 heteroatoms. The molecule has 94 valence electrons. The Bertz CT molecular complexity index is 548. The van der Waals surface area contributed by atoms with Crippen molar-refractivity contribution in [3.05, 3.63) is 46.2 Å². The van der Waals surface area contributed by atoms with Gasteiger partial charge in [0.2, 0.25) is 0 Å². The van der Waals surface area contributed by atoms with Crippen LogP contribution in [-0.2, 0) is 6.42 Å². The molecule has 1 aromatic heterocycles. The maximum atomic E-state index is 12.8. The normalized spacial score (nSPS) is 10.9. The van der Waals surface area contributed by atoms with Crippen LogP contribution in [0.25, 0.3) is 0 Å². The first-order valence-corrected chi connectivity index (χ1v) is 6.45. The zero-order valence-corrected chi connectivity index (χ0v) is 11.0. The van der Waals surface area contributed by atoms with Crippen molar-refractivity contribution in [2.75, 3.05) is 0 Å². The lowest BCUT2D eigenvalue weighted by atomic mass is 10.0. The summed E-state index contributed by atoms with van der Waals surface area (Å²) < 4.78 is 16.6. The van der Waals surface area contributed by atoms with Crippen LogP contribution in [0.3, 0.4) is 0 Å². The number of carbonyl (C=O) groups excluding carboxylic acids is 1. The number of halogens is 1. The molecule has 0 aliphatic heterocycles. The molecule has 0 aliphatic rings. The summed E-state index contributed by atoms with van der Waals surface area (Å²) in [6.45, 7) is 3.96. The fraction of sp³-hybridized carbons (Fsp3) is 0.308. The second-order valence-corrected chi connectivity index (χ2v) is 5.12. The Hall–Kier alpha value is -1.62. The second kappa shape index (κ2) is 5.35. The Balaban J connectivity index is 2.17. The number of ketones is 1.